The number of azo groups is 1. The number of amides is 2. The minimum atomic E-state index is -0.436. The van der Waals surface area contributed by atoms with Gasteiger partial charge in [-0.25, -0.2) is 0 Å². The standard InChI is InChI=1S/C30H28N4O6/c1-37-23-12-19(13-24(17-23)38-2)29(35)31-22-10-11-27(34-33-21-8-6-5-7-9-21)28(16-22)32-30(36)20-14-25(39-3)18-26(15-20)40-4/h5-18H,1-4H3,(H,31,35)(H,32,36). The molecular formula is C30H28N4O6. The Balaban J connectivity index is 1.66. The lowest BCUT2D eigenvalue weighted by Crippen LogP contribution is -2.14. The topological polar surface area (TPSA) is 120 Å². The van der Waals surface area contributed by atoms with Crippen LogP contribution in [0.5, 0.6) is 23.0 Å². The van der Waals surface area contributed by atoms with E-state index in [0.717, 1.165) is 0 Å². The van der Waals surface area contributed by atoms with E-state index in [1.165, 1.54) is 28.4 Å². The SMILES string of the molecule is COc1cc(OC)cc(C(=O)Nc2ccc(N=Nc3ccccc3)c(NC(=O)c3cc(OC)cc(OC)c3)c2)c1. The van der Waals surface area contributed by atoms with Crippen molar-refractivity contribution in [2.24, 2.45) is 10.2 Å². The predicted molar refractivity (Wildman–Crippen MR) is 152 cm³/mol. The average molecular weight is 541 g/mol. The van der Waals surface area contributed by atoms with E-state index >= 15 is 0 Å². The second-order valence-electron chi connectivity index (χ2n) is 8.38. The predicted octanol–water partition coefficient (Wildman–Crippen LogP) is 6.64. The molecule has 0 atom stereocenters. The summed E-state index contributed by atoms with van der Waals surface area (Å²) in [7, 11) is 6.02. The van der Waals surface area contributed by atoms with Gasteiger partial charge in [0.05, 0.1) is 39.8 Å². The fraction of sp³-hybridized carbons (Fsp3) is 0.133. The number of methoxy groups -OCH3 is 4. The number of carbonyl (C=O) groups excluding carboxylic acids is 2. The zero-order chi connectivity index (χ0) is 28.5. The van der Waals surface area contributed by atoms with Gasteiger partial charge in [-0.15, -0.1) is 5.11 Å². The molecule has 0 spiro atoms. The van der Waals surface area contributed by atoms with Crippen molar-refractivity contribution in [2.75, 3.05) is 39.1 Å². The van der Waals surface area contributed by atoms with Crippen molar-refractivity contribution in [3.8, 4) is 23.0 Å². The van der Waals surface area contributed by atoms with Crippen LogP contribution in [-0.4, -0.2) is 40.3 Å². The van der Waals surface area contributed by atoms with Gasteiger partial charge in [0.1, 0.15) is 28.7 Å². The number of anilines is 2. The molecule has 10 heteroatoms. The van der Waals surface area contributed by atoms with Crippen LogP contribution in [0.15, 0.2) is 95.2 Å². The zero-order valence-electron chi connectivity index (χ0n) is 22.4. The van der Waals surface area contributed by atoms with Gasteiger partial charge in [-0.3, -0.25) is 9.59 Å². The highest BCUT2D eigenvalue weighted by molar-refractivity contribution is 6.08. The van der Waals surface area contributed by atoms with Crippen LogP contribution in [0.4, 0.5) is 22.7 Å². The molecule has 0 radical (unpaired) electrons. The van der Waals surface area contributed by atoms with E-state index in [1.807, 2.05) is 18.2 Å². The molecular weight excluding hydrogens is 512 g/mol. The molecule has 4 rings (SSSR count). The first kappa shape index (κ1) is 27.6. The molecule has 10 nitrogen and oxygen atoms in total. The molecule has 4 aromatic rings. The monoisotopic (exact) mass is 540 g/mol. The maximum absolute atomic E-state index is 13.3. The second-order valence-corrected chi connectivity index (χ2v) is 8.38. The van der Waals surface area contributed by atoms with Gasteiger partial charge in [-0.1, -0.05) is 18.2 Å². The van der Waals surface area contributed by atoms with Crippen molar-refractivity contribution in [3.63, 3.8) is 0 Å². The van der Waals surface area contributed by atoms with E-state index < -0.39 is 11.8 Å². The van der Waals surface area contributed by atoms with Crippen LogP contribution in [0.3, 0.4) is 0 Å². The van der Waals surface area contributed by atoms with Crippen molar-refractivity contribution in [3.05, 3.63) is 96.1 Å². The fourth-order valence-electron chi connectivity index (χ4n) is 3.68. The number of ether oxygens (including phenoxy) is 4. The Morgan fingerprint density at radius 3 is 1.57 bits per heavy atom. The molecule has 2 amide bonds. The van der Waals surface area contributed by atoms with Gasteiger partial charge in [0, 0.05) is 28.9 Å². The summed E-state index contributed by atoms with van der Waals surface area (Å²) in [6, 6.07) is 23.8. The molecule has 0 fully saturated rings. The first-order chi connectivity index (χ1) is 19.4. The number of nitrogens with zero attached hydrogens (tertiary/aromatic N) is 2. The maximum atomic E-state index is 13.3. The highest BCUT2D eigenvalue weighted by Gasteiger charge is 2.15. The third-order valence-corrected chi connectivity index (χ3v) is 5.76. The van der Waals surface area contributed by atoms with Crippen molar-refractivity contribution in [2.45, 2.75) is 0 Å². The average Bonchev–Trinajstić information content (AvgIpc) is 3.00. The molecule has 2 N–H and O–H groups in total. The maximum Gasteiger partial charge on any atom is 0.255 e. The third-order valence-electron chi connectivity index (χ3n) is 5.76. The molecule has 0 aliphatic rings. The molecule has 204 valence electrons. The molecule has 0 saturated heterocycles. The number of benzene rings is 4. The molecule has 0 saturated carbocycles. The normalized spacial score (nSPS) is 10.6. The van der Waals surface area contributed by atoms with Crippen LogP contribution >= 0.6 is 0 Å². The molecule has 0 bridgehead atoms. The van der Waals surface area contributed by atoms with Gasteiger partial charge in [0.25, 0.3) is 11.8 Å². The Morgan fingerprint density at radius 1 is 0.575 bits per heavy atom. The summed E-state index contributed by atoms with van der Waals surface area (Å²) in [5.74, 6) is 1.04. The van der Waals surface area contributed by atoms with Gasteiger partial charge in [0.15, 0.2) is 0 Å². The lowest BCUT2D eigenvalue weighted by molar-refractivity contribution is 0.101. The number of carbonyl (C=O) groups is 2. The number of nitrogens with one attached hydrogen (secondary N) is 2. The number of rotatable bonds is 10. The molecule has 4 aromatic carbocycles. The molecule has 0 unspecified atom stereocenters. The summed E-state index contributed by atoms with van der Waals surface area (Å²) >= 11 is 0. The number of hydrogen-bond acceptors (Lipinski definition) is 8. The molecule has 0 heterocycles. The Bertz CT molecular complexity index is 1490. The van der Waals surface area contributed by atoms with Crippen LogP contribution in [0.25, 0.3) is 0 Å². The van der Waals surface area contributed by atoms with E-state index in [-0.39, 0.29) is 0 Å². The van der Waals surface area contributed by atoms with Crippen molar-refractivity contribution < 1.29 is 28.5 Å². The van der Waals surface area contributed by atoms with Crippen LogP contribution in [0.1, 0.15) is 20.7 Å². The second kappa shape index (κ2) is 12.9. The van der Waals surface area contributed by atoms with Gasteiger partial charge >= 0.3 is 0 Å². The smallest absolute Gasteiger partial charge is 0.255 e. The van der Waals surface area contributed by atoms with Crippen LogP contribution in [-0.2, 0) is 0 Å². The van der Waals surface area contributed by atoms with E-state index in [9.17, 15) is 9.59 Å². The van der Waals surface area contributed by atoms with Gasteiger partial charge < -0.3 is 29.6 Å². The van der Waals surface area contributed by atoms with E-state index in [0.29, 0.717) is 56.9 Å². The molecule has 40 heavy (non-hydrogen) atoms. The highest BCUT2D eigenvalue weighted by Crippen LogP contribution is 2.32. The van der Waals surface area contributed by atoms with Crippen LogP contribution < -0.4 is 29.6 Å². The summed E-state index contributed by atoms with van der Waals surface area (Å²) < 4.78 is 21.1. The Morgan fingerprint density at radius 2 is 1.07 bits per heavy atom. The minimum absolute atomic E-state index is 0.306. The summed E-state index contributed by atoms with van der Waals surface area (Å²) in [4.78, 5) is 26.3. The zero-order valence-corrected chi connectivity index (χ0v) is 22.4. The van der Waals surface area contributed by atoms with Gasteiger partial charge in [-0.05, 0) is 54.6 Å². The highest BCUT2D eigenvalue weighted by atomic mass is 16.5. The number of hydrogen-bond donors (Lipinski definition) is 2. The first-order valence-corrected chi connectivity index (χ1v) is 12.1. The van der Waals surface area contributed by atoms with Gasteiger partial charge in [0.2, 0.25) is 0 Å². The summed E-state index contributed by atoms with van der Waals surface area (Å²) in [5.41, 5.74) is 2.41. The summed E-state index contributed by atoms with van der Waals surface area (Å²) in [5, 5.41) is 14.3. The van der Waals surface area contributed by atoms with E-state index in [2.05, 4.69) is 20.9 Å². The van der Waals surface area contributed by atoms with Crippen molar-refractivity contribution >= 4 is 34.6 Å². The summed E-state index contributed by atoms with van der Waals surface area (Å²) in [6.07, 6.45) is 0. The quantitative estimate of drug-likeness (QED) is 0.218. The summed E-state index contributed by atoms with van der Waals surface area (Å²) in [6.45, 7) is 0. The van der Waals surface area contributed by atoms with E-state index in [1.54, 1.807) is 66.7 Å². The Hall–Kier alpha value is -5.38. The lowest BCUT2D eigenvalue weighted by Gasteiger charge is -2.13. The first-order valence-electron chi connectivity index (χ1n) is 12.1. The fourth-order valence-corrected chi connectivity index (χ4v) is 3.68. The lowest BCUT2D eigenvalue weighted by atomic mass is 10.1. The van der Waals surface area contributed by atoms with Crippen LogP contribution in [0.2, 0.25) is 0 Å². The molecule has 0 aliphatic heterocycles. The van der Waals surface area contributed by atoms with Crippen molar-refractivity contribution in [1.29, 1.82) is 0 Å². The largest absolute Gasteiger partial charge is 0.497 e. The minimum Gasteiger partial charge on any atom is -0.497 e. The Kier molecular flexibility index (Phi) is 8.93. The van der Waals surface area contributed by atoms with Crippen LogP contribution in [0, 0.1) is 0 Å². The third kappa shape index (κ3) is 6.93. The molecule has 0 aromatic heterocycles. The van der Waals surface area contributed by atoms with E-state index in [4.69, 9.17) is 18.9 Å². The van der Waals surface area contributed by atoms with Crippen molar-refractivity contribution in [1.82, 2.24) is 0 Å². The Labute approximate surface area is 231 Å². The molecule has 0 aliphatic carbocycles. The van der Waals surface area contributed by atoms with Gasteiger partial charge in [-0.2, -0.15) is 5.11 Å².